The van der Waals surface area contributed by atoms with Gasteiger partial charge in [-0.1, -0.05) is 32.6 Å². The number of halogens is 3. The van der Waals surface area contributed by atoms with Gasteiger partial charge in [-0.3, -0.25) is 19.6 Å². The van der Waals surface area contributed by atoms with Gasteiger partial charge < -0.3 is 15.4 Å². The van der Waals surface area contributed by atoms with Gasteiger partial charge in [-0.05, 0) is 31.6 Å². The van der Waals surface area contributed by atoms with Gasteiger partial charge in [0, 0.05) is 25.1 Å². The van der Waals surface area contributed by atoms with Crippen LogP contribution >= 0.6 is 11.3 Å². The summed E-state index contributed by atoms with van der Waals surface area (Å²) in [6, 6.07) is -2.60. The van der Waals surface area contributed by atoms with E-state index in [1.54, 1.807) is 12.3 Å². The van der Waals surface area contributed by atoms with Crippen LogP contribution < -0.4 is 10.6 Å². The quantitative estimate of drug-likeness (QED) is 0.199. The van der Waals surface area contributed by atoms with Crippen LogP contribution in [0.25, 0.3) is 0 Å². The number of alkyl halides is 3. The average molecular weight is 537 g/mol. The molecule has 13 heteroatoms. The Balaban J connectivity index is 2.29. The van der Waals surface area contributed by atoms with Crippen LogP contribution in [0.5, 0.6) is 0 Å². The normalized spacial score (nSPS) is 21.6. The third-order valence-corrected chi connectivity index (χ3v) is 7.47. The zero-order chi connectivity index (χ0) is 26.9. The molecule has 204 valence electrons. The second kappa shape index (κ2) is 13.9. The average Bonchev–Trinajstić information content (AvgIpc) is 3.34. The highest BCUT2D eigenvalue weighted by molar-refractivity contribution is 7.13. The SMILES string of the molecule is CO[C@H](C)[C@H](NC(=O)[C@H](CC1CCC(C)CC1)[C@H](CCC(F)(F)F)N(O)C=O)C(=O)Nc1nccs1. The Morgan fingerprint density at radius 1 is 1.31 bits per heavy atom. The van der Waals surface area contributed by atoms with Gasteiger partial charge >= 0.3 is 6.18 Å². The number of amides is 3. The number of carbonyl (C=O) groups is 3. The number of aromatic nitrogens is 1. The van der Waals surface area contributed by atoms with Gasteiger partial charge in [0.1, 0.15) is 6.04 Å². The summed E-state index contributed by atoms with van der Waals surface area (Å²) in [5.74, 6) is -1.96. The minimum absolute atomic E-state index is 0.00863. The summed E-state index contributed by atoms with van der Waals surface area (Å²) in [7, 11) is 1.36. The van der Waals surface area contributed by atoms with E-state index < -0.39 is 54.9 Å². The van der Waals surface area contributed by atoms with Crippen molar-refractivity contribution in [3.05, 3.63) is 11.6 Å². The molecule has 0 bridgehead atoms. The third-order valence-electron chi connectivity index (χ3n) is 6.78. The molecule has 1 aliphatic carbocycles. The highest BCUT2D eigenvalue weighted by Crippen LogP contribution is 2.35. The second-order valence-corrected chi connectivity index (χ2v) is 10.3. The van der Waals surface area contributed by atoms with Crippen LogP contribution in [0.4, 0.5) is 18.3 Å². The van der Waals surface area contributed by atoms with Crippen LogP contribution in [-0.4, -0.2) is 65.0 Å². The molecule has 3 amide bonds. The van der Waals surface area contributed by atoms with Crippen LogP contribution in [0, 0.1) is 17.8 Å². The zero-order valence-corrected chi connectivity index (χ0v) is 21.5. The fourth-order valence-corrected chi connectivity index (χ4v) is 5.06. The maximum absolute atomic E-state index is 13.5. The minimum Gasteiger partial charge on any atom is -0.379 e. The van der Waals surface area contributed by atoms with Gasteiger partial charge in [0.25, 0.3) is 5.91 Å². The molecular weight excluding hydrogens is 501 g/mol. The van der Waals surface area contributed by atoms with E-state index in [4.69, 9.17) is 4.74 Å². The van der Waals surface area contributed by atoms with Crippen LogP contribution in [0.1, 0.15) is 58.8 Å². The number of carbonyl (C=O) groups excluding carboxylic acids is 3. The fourth-order valence-electron chi connectivity index (χ4n) is 4.53. The number of hydrogen-bond acceptors (Lipinski definition) is 7. The van der Waals surface area contributed by atoms with Gasteiger partial charge in [0.15, 0.2) is 5.13 Å². The molecule has 9 nitrogen and oxygen atoms in total. The minimum atomic E-state index is -4.54. The Bertz CT molecular complexity index is 834. The first-order valence-corrected chi connectivity index (χ1v) is 12.9. The van der Waals surface area contributed by atoms with Crippen molar-refractivity contribution < 1.29 is 37.5 Å². The molecule has 36 heavy (non-hydrogen) atoms. The lowest BCUT2D eigenvalue weighted by Gasteiger charge is -2.35. The first-order valence-electron chi connectivity index (χ1n) is 12.0. The molecule has 0 saturated heterocycles. The lowest BCUT2D eigenvalue weighted by atomic mass is 9.76. The molecule has 3 N–H and O–H groups in total. The molecule has 1 aliphatic rings. The number of nitrogens with zero attached hydrogens (tertiary/aromatic N) is 2. The molecule has 1 fully saturated rings. The predicted molar refractivity (Wildman–Crippen MR) is 127 cm³/mol. The lowest BCUT2D eigenvalue weighted by Crippen LogP contribution is -2.55. The monoisotopic (exact) mass is 536 g/mol. The van der Waals surface area contributed by atoms with Crippen molar-refractivity contribution in [3.63, 3.8) is 0 Å². The molecule has 0 aliphatic heterocycles. The van der Waals surface area contributed by atoms with E-state index in [0.717, 1.165) is 25.7 Å². The van der Waals surface area contributed by atoms with Crippen LogP contribution in [0.3, 0.4) is 0 Å². The molecule has 0 aromatic carbocycles. The van der Waals surface area contributed by atoms with Crippen LogP contribution in [0.15, 0.2) is 11.6 Å². The van der Waals surface area contributed by atoms with E-state index in [0.29, 0.717) is 11.0 Å². The second-order valence-electron chi connectivity index (χ2n) is 9.43. The Kier molecular flexibility index (Phi) is 11.6. The fraction of sp³-hybridized carbons (Fsp3) is 0.739. The topological polar surface area (TPSA) is 121 Å². The number of rotatable bonds is 13. The number of hydrogen-bond donors (Lipinski definition) is 3. The van der Waals surface area contributed by atoms with Gasteiger partial charge in [0.2, 0.25) is 12.3 Å². The number of ether oxygens (including phenoxy) is 1. The van der Waals surface area contributed by atoms with E-state index in [-0.39, 0.29) is 23.8 Å². The van der Waals surface area contributed by atoms with E-state index in [2.05, 4.69) is 22.5 Å². The summed E-state index contributed by atoms with van der Waals surface area (Å²) < 4.78 is 44.4. The third kappa shape index (κ3) is 9.32. The molecule has 4 atom stereocenters. The lowest BCUT2D eigenvalue weighted by molar-refractivity contribution is -0.178. The molecule has 0 unspecified atom stereocenters. The van der Waals surface area contributed by atoms with E-state index in [1.165, 1.54) is 24.6 Å². The molecule has 1 saturated carbocycles. The summed E-state index contributed by atoms with van der Waals surface area (Å²) in [6.07, 6.45) is -2.17. The highest BCUT2D eigenvalue weighted by atomic mass is 32.1. The highest BCUT2D eigenvalue weighted by Gasteiger charge is 2.40. The van der Waals surface area contributed by atoms with Crippen molar-refractivity contribution in [1.82, 2.24) is 15.4 Å². The maximum Gasteiger partial charge on any atom is 0.389 e. The number of hydroxylamine groups is 2. The smallest absolute Gasteiger partial charge is 0.379 e. The van der Waals surface area contributed by atoms with Gasteiger partial charge in [-0.25, -0.2) is 10.0 Å². The summed E-state index contributed by atoms with van der Waals surface area (Å²) in [5, 5.41) is 17.5. The van der Waals surface area contributed by atoms with Gasteiger partial charge in [0.05, 0.1) is 18.1 Å². The molecule has 1 aromatic heterocycles. The van der Waals surface area contributed by atoms with E-state index in [1.807, 2.05) is 0 Å². The summed E-state index contributed by atoms with van der Waals surface area (Å²) in [4.78, 5) is 41.8. The number of nitrogens with one attached hydrogen (secondary N) is 2. The predicted octanol–water partition coefficient (Wildman–Crippen LogP) is 3.99. The first-order chi connectivity index (χ1) is 16.9. The Labute approximate surface area is 212 Å². The number of thiazole rings is 1. The van der Waals surface area contributed by atoms with Crippen molar-refractivity contribution in [2.24, 2.45) is 17.8 Å². The van der Waals surface area contributed by atoms with Crippen molar-refractivity contribution in [3.8, 4) is 0 Å². The summed E-state index contributed by atoms with van der Waals surface area (Å²) in [5.41, 5.74) is 0. The Hall–Kier alpha value is -2.25. The first kappa shape index (κ1) is 30.0. The van der Waals surface area contributed by atoms with Gasteiger partial charge in [-0.2, -0.15) is 13.2 Å². The molecule has 1 heterocycles. The molecule has 2 rings (SSSR count). The zero-order valence-electron chi connectivity index (χ0n) is 20.7. The van der Waals surface area contributed by atoms with Crippen molar-refractivity contribution in [1.29, 1.82) is 0 Å². The van der Waals surface area contributed by atoms with Crippen LogP contribution in [0.2, 0.25) is 0 Å². The van der Waals surface area contributed by atoms with E-state index >= 15 is 0 Å². The van der Waals surface area contributed by atoms with Crippen molar-refractivity contribution in [2.75, 3.05) is 12.4 Å². The Morgan fingerprint density at radius 3 is 2.50 bits per heavy atom. The van der Waals surface area contributed by atoms with Gasteiger partial charge in [-0.15, -0.1) is 11.3 Å². The molecule has 1 aromatic rings. The molecule has 0 spiro atoms. The molecular formula is C23H35F3N4O5S. The van der Waals surface area contributed by atoms with Crippen LogP contribution in [-0.2, 0) is 19.1 Å². The summed E-state index contributed by atoms with van der Waals surface area (Å²) in [6.45, 7) is 3.68. The van der Waals surface area contributed by atoms with E-state index in [9.17, 15) is 32.8 Å². The maximum atomic E-state index is 13.5. The standard InChI is InChI=1S/C23H35F3N4O5S/c1-14-4-6-16(7-5-14)12-17(18(30(34)13-31)8-9-23(24,25)26)20(32)28-19(15(2)35-3)21(33)29-22-27-10-11-36-22/h10-11,13-19,34H,4-9,12H2,1-3H3,(H,28,32)(H,27,29,33)/t14?,15-,16?,17-,18+,19+/m1/s1. The summed E-state index contributed by atoms with van der Waals surface area (Å²) >= 11 is 1.18. The largest absolute Gasteiger partial charge is 0.389 e. The number of methoxy groups -OCH3 is 1. The van der Waals surface area contributed by atoms with Crippen molar-refractivity contribution in [2.45, 2.75) is 83.2 Å². The number of anilines is 1. The molecule has 0 radical (unpaired) electrons. The Morgan fingerprint density at radius 2 is 1.97 bits per heavy atom. The van der Waals surface area contributed by atoms with Crippen molar-refractivity contribution >= 4 is 34.7 Å².